The van der Waals surface area contributed by atoms with Crippen molar-refractivity contribution in [3.05, 3.63) is 48.0 Å². The number of nitrogens with two attached hydrogens (primary N) is 1. The number of aromatic carboxylic acids is 1. The summed E-state index contributed by atoms with van der Waals surface area (Å²) in [7, 11) is 1.88. The van der Waals surface area contributed by atoms with Crippen LogP contribution < -0.4 is 14.8 Å². The second-order valence-corrected chi connectivity index (χ2v) is 5.35. The van der Waals surface area contributed by atoms with Crippen molar-refractivity contribution in [3.8, 4) is 11.5 Å². The highest BCUT2D eigenvalue weighted by Crippen LogP contribution is 2.40. The van der Waals surface area contributed by atoms with Gasteiger partial charge in [-0.05, 0) is 43.1 Å². The molecule has 6 heteroatoms. The third-order valence-electron chi connectivity index (χ3n) is 3.26. The monoisotopic (exact) mass is 318 g/mol. The third kappa shape index (κ3) is 3.52. The number of rotatable bonds is 6. The second kappa shape index (κ2) is 7.20. The van der Waals surface area contributed by atoms with E-state index in [4.69, 9.17) is 9.88 Å². The summed E-state index contributed by atoms with van der Waals surface area (Å²) in [5.41, 5.74) is 0.878. The van der Waals surface area contributed by atoms with Gasteiger partial charge < -0.3 is 14.7 Å². The fourth-order valence-electron chi connectivity index (χ4n) is 1.96. The molecule has 22 heavy (non-hydrogen) atoms. The summed E-state index contributed by atoms with van der Waals surface area (Å²) >= 11 is 0.973. The van der Waals surface area contributed by atoms with Crippen molar-refractivity contribution in [1.82, 2.24) is 0 Å². The van der Waals surface area contributed by atoms with E-state index >= 15 is 0 Å². The predicted octanol–water partition coefficient (Wildman–Crippen LogP) is 3.60. The maximum atomic E-state index is 11.3. The molecule has 0 spiro atoms. The molecule has 0 saturated carbocycles. The van der Waals surface area contributed by atoms with Crippen LogP contribution in [0.3, 0.4) is 0 Å². The second-order valence-electron chi connectivity index (χ2n) is 4.67. The Labute approximate surface area is 133 Å². The Balaban J connectivity index is 2.56. The number of carboxylic acids is 1. The van der Waals surface area contributed by atoms with Crippen LogP contribution in [0, 0.1) is 0 Å². The third-order valence-corrected chi connectivity index (χ3v) is 3.82. The molecule has 0 amide bonds. The van der Waals surface area contributed by atoms with Gasteiger partial charge in [0.25, 0.3) is 0 Å². The minimum atomic E-state index is -0.993. The van der Waals surface area contributed by atoms with E-state index in [9.17, 15) is 9.90 Å². The van der Waals surface area contributed by atoms with Crippen LogP contribution in [-0.2, 0) is 0 Å². The van der Waals surface area contributed by atoms with Crippen LogP contribution in [0.4, 0.5) is 5.69 Å². The molecule has 0 bridgehead atoms. The summed E-state index contributed by atoms with van der Waals surface area (Å²) < 4.78 is 5.95. The molecule has 116 valence electrons. The van der Waals surface area contributed by atoms with Gasteiger partial charge in [0.2, 0.25) is 0 Å². The number of benzene rings is 2. The van der Waals surface area contributed by atoms with E-state index < -0.39 is 5.97 Å². The first-order valence-corrected chi connectivity index (χ1v) is 7.66. The molecule has 0 aromatic heterocycles. The van der Waals surface area contributed by atoms with Gasteiger partial charge in [-0.3, -0.25) is 5.14 Å². The van der Waals surface area contributed by atoms with E-state index in [1.807, 2.05) is 49.2 Å². The Morgan fingerprint density at radius 2 is 2.00 bits per heavy atom. The van der Waals surface area contributed by atoms with Crippen molar-refractivity contribution in [3.63, 3.8) is 0 Å². The highest BCUT2D eigenvalue weighted by atomic mass is 32.2. The first-order valence-electron chi connectivity index (χ1n) is 6.79. The van der Waals surface area contributed by atoms with E-state index in [1.165, 1.54) is 6.07 Å². The van der Waals surface area contributed by atoms with Crippen LogP contribution in [-0.4, -0.2) is 24.7 Å². The number of hydrogen-bond acceptors (Lipinski definition) is 5. The fourth-order valence-corrected chi connectivity index (χ4v) is 2.41. The van der Waals surface area contributed by atoms with Crippen LogP contribution in [0.25, 0.3) is 0 Å². The molecular formula is C16H18N2O3S. The summed E-state index contributed by atoms with van der Waals surface area (Å²) in [5, 5.41) is 15.0. The Hall–Kier alpha value is -2.18. The van der Waals surface area contributed by atoms with E-state index in [0.717, 1.165) is 11.9 Å². The number of nitrogens with zero attached hydrogens (tertiary/aromatic N) is 1. The average Bonchev–Trinajstić information content (AvgIpc) is 2.54. The van der Waals surface area contributed by atoms with Crippen molar-refractivity contribution >= 4 is 23.6 Å². The van der Waals surface area contributed by atoms with E-state index in [1.54, 1.807) is 6.07 Å². The molecule has 5 nitrogen and oxygen atoms in total. The summed E-state index contributed by atoms with van der Waals surface area (Å²) in [5.74, 6) is 0.243. The molecule has 0 aliphatic carbocycles. The van der Waals surface area contributed by atoms with Crippen molar-refractivity contribution < 1.29 is 14.6 Å². The maximum Gasteiger partial charge on any atom is 0.335 e. The van der Waals surface area contributed by atoms with Gasteiger partial charge in [-0.1, -0.05) is 18.2 Å². The number of anilines is 1. The van der Waals surface area contributed by atoms with Gasteiger partial charge in [0.1, 0.15) is 5.75 Å². The van der Waals surface area contributed by atoms with Gasteiger partial charge in [0.15, 0.2) is 5.75 Å². The minimum absolute atomic E-state index is 0.184. The van der Waals surface area contributed by atoms with Gasteiger partial charge in [-0.2, -0.15) is 0 Å². The number of para-hydroxylation sites is 1. The zero-order chi connectivity index (χ0) is 16.1. The highest BCUT2D eigenvalue weighted by molar-refractivity contribution is 7.97. The molecule has 2 aromatic carbocycles. The molecule has 2 rings (SSSR count). The lowest BCUT2D eigenvalue weighted by molar-refractivity contribution is 0.0696. The zero-order valence-electron chi connectivity index (χ0n) is 12.4. The number of hydrogen-bond donors (Lipinski definition) is 2. The van der Waals surface area contributed by atoms with Gasteiger partial charge >= 0.3 is 5.97 Å². The SMILES string of the molecule is CCN(C)c1cc(C(=O)O)cc(SN)c1Oc1ccccc1. The molecule has 0 aliphatic rings. The summed E-state index contributed by atoms with van der Waals surface area (Å²) in [6.45, 7) is 2.69. The van der Waals surface area contributed by atoms with Gasteiger partial charge in [-0.25, -0.2) is 4.79 Å². The van der Waals surface area contributed by atoms with Crippen molar-refractivity contribution in [2.75, 3.05) is 18.5 Å². The Bertz CT molecular complexity index is 662. The lowest BCUT2D eigenvalue weighted by Gasteiger charge is -2.23. The minimum Gasteiger partial charge on any atom is -0.478 e. The molecule has 0 unspecified atom stereocenters. The largest absolute Gasteiger partial charge is 0.478 e. The number of carbonyl (C=O) groups is 1. The smallest absolute Gasteiger partial charge is 0.335 e. The first kappa shape index (κ1) is 16.2. The normalized spacial score (nSPS) is 10.3. The molecule has 3 N–H and O–H groups in total. The van der Waals surface area contributed by atoms with Gasteiger partial charge in [-0.15, -0.1) is 0 Å². The summed E-state index contributed by atoms with van der Waals surface area (Å²) in [6.07, 6.45) is 0. The van der Waals surface area contributed by atoms with E-state index in [-0.39, 0.29) is 5.56 Å². The van der Waals surface area contributed by atoms with Crippen LogP contribution in [0.1, 0.15) is 17.3 Å². The van der Waals surface area contributed by atoms with Crippen LogP contribution in [0.5, 0.6) is 11.5 Å². The Morgan fingerprint density at radius 1 is 1.32 bits per heavy atom. The van der Waals surface area contributed by atoms with Crippen LogP contribution >= 0.6 is 11.9 Å². The highest BCUT2D eigenvalue weighted by Gasteiger charge is 2.18. The zero-order valence-corrected chi connectivity index (χ0v) is 13.3. The Morgan fingerprint density at radius 3 is 2.55 bits per heavy atom. The van der Waals surface area contributed by atoms with E-state index in [0.29, 0.717) is 28.6 Å². The molecule has 0 fully saturated rings. The lowest BCUT2D eigenvalue weighted by atomic mass is 10.1. The molecule has 0 aliphatic heterocycles. The number of ether oxygens (including phenoxy) is 1. The predicted molar refractivity (Wildman–Crippen MR) is 88.9 cm³/mol. The maximum absolute atomic E-state index is 11.3. The molecular weight excluding hydrogens is 300 g/mol. The van der Waals surface area contributed by atoms with E-state index in [2.05, 4.69) is 0 Å². The summed E-state index contributed by atoms with van der Waals surface area (Å²) in [4.78, 5) is 13.8. The van der Waals surface area contributed by atoms with Crippen LogP contribution in [0.2, 0.25) is 0 Å². The first-order chi connectivity index (χ1) is 10.6. The quantitative estimate of drug-likeness (QED) is 0.793. The van der Waals surface area contributed by atoms with Crippen LogP contribution in [0.15, 0.2) is 47.4 Å². The molecule has 0 heterocycles. The summed E-state index contributed by atoms with van der Waals surface area (Å²) in [6, 6.07) is 12.5. The fraction of sp³-hybridized carbons (Fsp3) is 0.188. The van der Waals surface area contributed by atoms with Crippen molar-refractivity contribution in [2.45, 2.75) is 11.8 Å². The molecule has 0 saturated heterocycles. The number of carboxylic acid groups (broad SMARTS) is 1. The topological polar surface area (TPSA) is 75.8 Å². The standard InChI is InChI=1S/C16H18N2O3S/c1-3-18(2)13-9-11(16(19)20)10-14(22-17)15(13)21-12-7-5-4-6-8-12/h4-10H,3,17H2,1-2H3,(H,19,20). The lowest BCUT2D eigenvalue weighted by Crippen LogP contribution is -2.17. The van der Waals surface area contributed by atoms with Gasteiger partial charge in [0, 0.05) is 13.6 Å². The molecule has 0 atom stereocenters. The van der Waals surface area contributed by atoms with Crippen molar-refractivity contribution in [2.24, 2.45) is 5.14 Å². The van der Waals surface area contributed by atoms with Gasteiger partial charge in [0.05, 0.1) is 16.1 Å². The molecule has 2 aromatic rings. The Kier molecular flexibility index (Phi) is 5.30. The average molecular weight is 318 g/mol. The van der Waals surface area contributed by atoms with Crippen molar-refractivity contribution in [1.29, 1.82) is 0 Å². The molecule has 0 radical (unpaired) electrons.